The lowest BCUT2D eigenvalue weighted by atomic mass is 10.2. The fourth-order valence-corrected chi connectivity index (χ4v) is 1.87. The summed E-state index contributed by atoms with van der Waals surface area (Å²) in [7, 11) is 0. The van der Waals surface area contributed by atoms with Crippen LogP contribution in [0.5, 0.6) is 0 Å². The minimum absolute atomic E-state index is 0.203. The minimum atomic E-state index is -0.970. The van der Waals surface area contributed by atoms with Crippen LogP contribution in [0.1, 0.15) is 10.4 Å². The van der Waals surface area contributed by atoms with Gasteiger partial charge in [0.05, 0.1) is 21.5 Å². The number of hydrogen-bond acceptors (Lipinski definition) is 4. The Hall–Kier alpha value is -1.62. The molecule has 4 nitrogen and oxygen atoms in total. The number of carboxylic acids is 1. The molecule has 1 aromatic carbocycles. The van der Waals surface area contributed by atoms with Crippen LogP contribution in [0.4, 0.5) is 5.69 Å². The molecule has 2 rings (SSSR count). The number of benzene rings is 1. The number of carbonyl (C=O) groups is 1. The number of nitrogen functional groups attached to an aromatic ring is 1. The number of anilines is 1. The molecule has 2 aromatic rings. The van der Waals surface area contributed by atoms with Crippen LogP contribution in [0.3, 0.4) is 0 Å². The quantitative estimate of drug-likeness (QED) is 0.675. The summed E-state index contributed by atoms with van der Waals surface area (Å²) in [4.78, 5) is 14.7. The van der Waals surface area contributed by atoms with Crippen molar-refractivity contribution in [1.29, 1.82) is 0 Å². The van der Waals surface area contributed by atoms with Crippen molar-refractivity contribution in [3.8, 4) is 0 Å². The molecule has 0 bridgehead atoms. The van der Waals surface area contributed by atoms with Crippen LogP contribution in [-0.2, 0) is 0 Å². The molecule has 0 spiro atoms. The monoisotopic (exact) mass is 194 g/mol. The first kappa shape index (κ1) is 8.00. The van der Waals surface area contributed by atoms with Crippen LogP contribution in [0.15, 0.2) is 17.6 Å². The van der Waals surface area contributed by atoms with Gasteiger partial charge in [-0.15, -0.1) is 11.3 Å². The molecule has 0 atom stereocenters. The molecule has 0 aliphatic heterocycles. The van der Waals surface area contributed by atoms with E-state index in [4.69, 9.17) is 10.8 Å². The van der Waals surface area contributed by atoms with Gasteiger partial charge in [-0.25, -0.2) is 9.78 Å². The minimum Gasteiger partial charge on any atom is -0.478 e. The molecule has 0 saturated heterocycles. The molecule has 66 valence electrons. The number of hydrogen-bond donors (Lipinski definition) is 2. The van der Waals surface area contributed by atoms with Crippen LogP contribution < -0.4 is 5.73 Å². The Labute approximate surface area is 77.6 Å². The first-order valence-corrected chi connectivity index (χ1v) is 4.42. The van der Waals surface area contributed by atoms with Gasteiger partial charge in [-0.2, -0.15) is 0 Å². The van der Waals surface area contributed by atoms with Gasteiger partial charge in [-0.3, -0.25) is 0 Å². The summed E-state index contributed by atoms with van der Waals surface area (Å²) < 4.78 is 0.803. The van der Waals surface area contributed by atoms with Crippen LogP contribution >= 0.6 is 11.3 Å². The number of aromatic nitrogens is 1. The second-order valence-electron chi connectivity index (χ2n) is 2.57. The summed E-state index contributed by atoms with van der Waals surface area (Å²) in [5.41, 5.74) is 8.56. The summed E-state index contributed by atoms with van der Waals surface area (Å²) in [6, 6.07) is 3.00. The molecular formula is C8H6N2O2S. The summed E-state index contributed by atoms with van der Waals surface area (Å²) in [6.45, 7) is 0. The average molecular weight is 194 g/mol. The van der Waals surface area contributed by atoms with Gasteiger partial charge in [0.2, 0.25) is 0 Å². The number of thiazole rings is 1. The third-order valence-electron chi connectivity index (χ3n) is 1.71. The van der Waals surface area contributed by atoms with Gasteiger partial charge < -0.3 is 10.8 Å². The lowest BCUT2D eigenvalue weighted by molar-refractivity contribution is 0.0697. The highest BCUT2D eigenvalue weighted by Gasteiger charge is 2.08. The topological polar surface area (TPSA) is 76.2 Å². The SMILES string of the molecule is Nc1cc(C(=O)O)cc2scnc12. The van der Waals surface area contributed by atoms with Crippen LogP contribution in [0, 0.1) is 0 Å². The van der Waals surface area contributed by atoms with Gasteiger partial charge >= 0.3 is 5.97 Å². The zero-order valence-corrected chi connectivity index (χ0v) is 7.34. The first-order valence-electron chi connectivity index (χ1n) is 3.54. The van der Waals surface area contributed by atoms with E-state index in [-0.39, 0.29) is 5.56 Å². The summed E-state index contributed by atoms with van der Waals surface area (Å²) >= 11 is 1.38. The van der Waals surface area contributed by atoms with Gasteiger partial charge in [0, 0.05) is 0 Å². The highest BCUT2D eigenvalue weighted by atomic mass is 32.1. The van der Waals surface area contributed by atoms with E-state index < -0.39 is 5.97 Å². The van der Waals surface area contributed by atoms with E-state index in [1.165, 1.54) is 17.4 Å². The highest BCUT2D eigenvalue weighted by molar-refractivity contribution is 7.16. The van der Waals surface area contributed by atoms with Crippen LogP contribution in [0.25, 0.3) is 10.2 Å². The van der Waals surface area contributed by atoms with E-state index in [9.17, 15) is 4.79 Å². The number of aromatic carboxylic acids is 1. The Morgan fingerprint density at radius 3 is 3.00 bits per heavy atom. The summed E-state index contributed by atoms with van der Waals surface area (Å²) in [6.07, 6.45) is 0. The van der Waals surface area contributed by atoms with Crippen LogP contribution in [-0.4, -0.2) is 16.1 Å². The molecule has 0 amide bonds. The van der Waals surface area contributed by atoms with Gasteiger partial charge in [0.1, 0.15) is 5.52 Å². The Balaban J connectivity index is 2.77. The molecule has 0 fully saturated rings. The molecular weight excluding hydrogens is 188 g/mol. The van der Waals surface area contributed by atoms with Gasteiger partial charge in [0.15, 0.2) is 0 Å². The van der Waals surface area contributed by atoms with E-state index in [1.54, 1.807) is 11.6 Å². The number of carboxylic acid groups (broad SMARTS) is 1. The summed E-state index contributed by atoms with van der Waals surface area (Å²) in [5.74, 6) is -0.970. The molecule has 0 aliphatic carbocycles. The van der Waals surface area contributed by atoms with Crippen molar-refractivity contribution in [3.63, 3.8) is 0 Å². The number of fused-ring (bicyclic) bond motifs is 1. The normalized spacial score (nSPS) is 10.5. The second-order valence-corrected chi connectivity index (χ2v) is 3.46. The van der Waals surface area contributed by atoms with Crippen molar-refractivity contribution in [1.82, 2.24) is 4.98 Å². The Morgan fingerprint density at radius 2 is 2.31 bits per heavy atom. The van der Waals surface area contributed by atoms with Crippen molar-refractivity contribution < 1.29 is 9.90 Å². The molecule has 1 heterocycles. The zero-order chi connectivity index (χ0) is 9.42. The Morgan fingerprint density at radius 1 is 1.54 bits per heavy atom. The predicted molar refractivity (Wildman–Crippen MR) is 51.0 cm³/mol. The fourth-order valence-electron chi connectivity index (χ4n) is 1.12. The van der Waals surface area contributed by atoms with Gasteiger partial charge in [-0.05, 0) is 12.1 Å². The molecule has 3 N–H and O–H groups in total. The molecule has 0 unspecified atom stereocenters. The Kier molecular flexibility index (Phi) is 1.66. The third kappa shape index (κ3) is 1.23. The largest absolute Gasteiger partial charge is 0.478 e. The molecule has 1 aromatic heterocycles. The second kappa shape index (κ2) is 2.70. The zero-order valence-electron chi connectivity index (χ0n) is 6.52. The van der Waals surface area contributed by atoms with E-state index in [0.29, 0.717) is 11.2 Å². The van der Waals surface area contributed by atoms with Gasteiger partial charge in [-0.1, -0.05) is 0 Å². The Bertz CT molecular complexity index is 478. The van der Waals surface area contributed by atoms with Gasteiger partial charge in [0.25, 0.3) is 0 Å². The smallest absolute Gasteiger partial charge is 0.335 e. The van der Waals surface area contributed by atoms with Crippen molar-refractivity contribution in [3.05, 3.63) is 23.2 Å². The van der Waals surface area contributed by atoms with E-state index >= 15 is 0 Å². The molecule has 0 aliphatic rings. The predicted octanol–water partition coefficient (Wildman–Crippen LogP) is 1.58. The first-order chi connectivity index (χ1) is 6.18. The molecule has 0 radical (unpaired) electrons. The van der Waals surface area contributed by atoms with E-state index in [0.717, 1.165) is 4.70 Å². The highest BCUT2D eigenvalue weighted by Crippen LogP contribution is 2.25. The average Bonchev–Trinajstić information content (AvgIpc) is 2.51. The van der Waals surface area contributed by atoms with Crippen molar-refractivity contribution >= 4 is 33.2 Å². The maximum atomic E-state index is 10.6. The maximum absolute atomic E-state index is 10.6. The fraction of sp³-hybridized carbons (Fsp3) is 0. The maximum Gasteiger partial charge on any atom is 0.335 e. The lowest BCUT2D eigenvalue weighted by Gasteiger charge is -1.97. The lowest BCUT2D eigenvalue weighted by Crippen LogP contribution is -1.97. The molecule has 5 heteroatoms. The number of nitrogens with two attached hydrogens (primary N) is 1. The molecule has 13 heavy (non-hydrogen) atoms. The van der Waals surface area contributed by atoms with E-state index in [1.807, 2.05) is 0 Å². The molecule has 0 saturated carbocycles. The van der Waals surface area contributed by atoms with Crippen molar-refractivity contribution in [2.24, 2.45) is 0 Å². The van der Waals surface area contributed by atoms with E-state index in [2.05, 4.69) is 4.98 Å². The van der Waals surface area contributed by atoms with Crippen molar-refractivity contribution in [2.45, 2.75) is 0 Å². The summed E-state index contributed by atoms with van der Waals surface area (Å²) in [5, 5.41) is 8.73. The third-order valence-corrected chi connectivity index (χ3v) is 2.49. The van der Waals surface area contributed by atoms with Crippen LogP contribution in [0.2, 0.25) is 0 Å². The van der Waals surface area contributed by atoms with Crippen molar-refractivity contribution in [2.75, 3.05) is 5.73 Å². The number of rotatable bonds is 1. The number of nitrogens with zero attached hydrogens (tertiary/aromatic N) is 1. The standard InChI is InChI=1S/C8H6N2O2S/c9-5-1-4(8(11)12)2-6-7(5)10-3-13-6/h1-3H,9H2,(H,11,12).